The number of amides is 1. The summed E-state index contributed by atoms with van der Waals surface area (Å²) in [4.78, 5) is 22.1. The van der Waals surface area contributed by atoms with E-state index in [2.05, 4.69) is 5.32 Å². The second-order valence-electron chi connectivity index (χ2n) is 4.52. The van der Waals surface area contributed by atoms with Crippen LogP contribution in [0.2, 0.25) is 0 Å². The lowest BCUT2D eigenvalue weighted by molar-refractivity contribution is -0.114. The lowest BCUT2D eigenvalue weighted by Gasteiger charge is -2.07. The fourth-order valence-corrected chi connectivity index (χ4v) is 2.01. The summed E-state index contributed by atoms with van der Waals surface area (Å²) in [5.74, 6) is -1.04. The molecule has 0 aromatic heterocycles. The maximum atomic E-state index is 11.1. The number of carboxylic acid groups (broad SMARTS) is 1. The molecular formula is C16H15NO3. The van der Waals surface area contributed by atoms with Crippen LogP contribution in [0, 0.1) is 0 Å². The average molecular weight is 269 g/mol. The Kier molecular flexibility index (Phi) is 4.15. The molecule has 0 unspecified atom stereocenters. The van der Waals surface area contributed by atoms with Crippen molar-refractivity contribution in [2.75, 3.05) is 5.32 Å². The van der Waals surface area contributed by atoms with Crippen molar-refractivity contribution >= 4 is 17.6 Å². The molecule has 0 aliphatic heterocycles. The maximum Gasteiger partial charge on any atom is 0.335 e. The number of hydrogen-bond acceptors (Lipinski definition) is 2. The summed E-state index contributed by atoms with van der Waals surface area (Å²) in [5.41, 5.74) is 2.81. The van der Waals surface area contributed by atoms with E-state index in [1.807, 2.05) is 24.3 Å². The van der Waals surface area contributed by atoms with E-state index in [4.69, 9.17) is 5.11 Å². The van der Waals surface area contributed by atoms with Crippen LogP contribution in [0.3, 0.4) is 0 Å². The molecule has 4 nitrogen and oxygen atoms in total. The normalized spacial score (nSPS) is 10.1. The number of carbonyl (C=O) groups is 2. The number of nitrogens with one attached hydrogen (secondary N) is 1. The van der Waals surface area contributed by atoms with E-state index in [9.17, 15) is 9.59 Å². The van der Waals surface area contributed by atoms with Crippen LogP contribution in [-0.2, 0) is 11.2 Å². The Labute approximate surface area is 117 Å². The first-order chi connectivity index (χ1) is 9.56. The Bertz CT molecular complexity index is 632. The molecule has 0 aliphatic rings. The zero-order valence-electron chi connectivity index (χ0n) is 11.1. The predicted octanol–water partition coefficient (Wildman–Crippen LogP) is 2.93. The van der Waals surface area contributed by atoms with E-state index in [0.717, 1.165) is 16.8 Å². The molecule has 102 valence electrons. The molecule has 0 saturated heterocycles. The number of rotatable bonds is 4. The Morgan fingerprint density at radius 1 is 1.05 bits per heavy atom. The maximum absolute atomic E-state index is 11.1. The fraction of sp³-hybridized carbons (Fsp3) is 0.125. The Morgan fingerprint density at radius 2 is 1.70 bits per heavy atom. The third kappa shape index (κ3) is 3.45. The van der Waals surface area contributed by atoms with Crippen molar-refractivity contribution in [3.8, 4) is 0 Å². The summed E-state index contributed by atoms with van der Waals surface area (Å²) in [7, 11) is 0. The van der Waals surface area contributed by atoms with Crippen LogP contribution in [0.1, 0.15) is 28.4 Å². The highest BCUT2D eigenvalue weighted by molar-refractivity contribution is 5.89. The standard InChI is InChI=1S/C16H15NO3/c1-11(18)17-14-8-6-12(7-9-14)10-13-4-2-3-5-15(13)16(19)20/h2-9H,10H2,1H3,(H,17,18)(H,19,20). The van der Waals surface area contributed by atoms with Gasteiger partial charge in [-0.2, -0.15) is 0 Å². The molecule has 0 fully saturated rings. The SMILES string of the molecule is CC(=O)Nc1ccc(Cc2ccccc2C(=O)O)cc1. The molecule has 1 amide bonds. The lowest BCUT2D eigenvalue weighted by Crippen LogP contribution is -2.06. The molecule has 2 aromatic rings. The lowest BCUT2D eigenvalue weighted by atomic mass is 10.00. The predicted molar refractivity (Wildman–Crippen MR) is 77.0 cm³/mol. The van der Waals surface area contributed by atoms with Gasteiger partial charge in [0.2, 0.25) is 5.91 Å². The molecule has 20 heavy (non-hydrogen) atoms. The third-order valence-corrected chi connectivity index (χ3v) is 2.92. The van der Waals surface area contributed by atoms with Crippen LogP contribution < -0.4 is 5.32 Å². The zero-order chi connectivity index (χ0) is 14.5. The fourth-order valence-electron chi connectivity index (χ4n) is 2.01. The molecular weight excluding hydrogens is 254 g/mol. The summed E-state index contributed by atoms with van der Waals surface area (Å²) in [6.07, 6.45) is 0.544. The first-order valence-electron chi connectivity index (χ1n) is 6.24. The number of carbonyl (C=O) groups excluding carboxylic acids is 1. The summed E-state index contributed by atoms with van der Waals surface area (Å²) < 4.78 is 0. The van der Waals surface area contributed by atoms with Gasteiger partial charge in [-0.25, -0.2) is 4.79 Å². The van der Waals surface area contributed by atoms with Crippen molar-refractivity contribution in [2.24, 2.45) is 0 Å². The molecule has 0 aliphatic carbocycles. The van der Waals surface area contributed by atoms with Gasteiger partial charge < -0.3 is 10.4 Å². The van der Waals surface area contributed by atoms with E-state index >= 15 is 0 Å². The summed E-state index contributed by atoms with van der Waals surface area (Å²) >= 11 is 0. The molecule has 0 radical (unpaired) electrons. The molecule has 2 aromatic carbocycles. The number of hydrogen-bond donors (Lipinski definition) is 2. The van der Waals surface area contributed by atoms with Gasteiger partial charge in [0.05, 0.1) is 5.56 Å². The first kappa shape index (κ1) is 13.8. The van der Waals surface area contributed by atoms with Crippen molar-refractivity contribution in [3.05, 3.63) is 65.2 Å². The van der Waals surface area contributed by atoms with Gasteiger partial charge >= 0.3 is 5.97 Å². The van der Waals surface area contributed by atoms with Crippen LogP contribution in [0.4, 0.5) is 5.69 Å². The van der Waals surface area contributed by atoms with Crippen molar-refractivity contribution < 1.29 is 14.7 Å². The van der Waals surface area contributed by atoms with E-state index in [1.54, 1.807) is 24.3 Å². The van der Waals surface area contributed by atoms with Crippen LogP contribution >= 0.6 is 0 Å². The van der Waals surface area contributed by atoms with Crippen molar-refractivity contribution in [2.45, 2.75) is 13.3 Å². The van der Waals surface area contributed by atoms with Crippen LogP contribution in [0.5, 0.6) is 0 Å². The van der Waals surface area contributed by atoms with Crippen molar-refractivity contribution in [1.82, 2.24) is 0 Å². The van der Waals surface area contributed by atoms with Gasteiger partial charge in [0, 0.05) is 12.6 Å². The summed E-state index contributed by atoms with van der Waals surface area (Å²) in [6, 6.07) is 14.3. The smallest absolute Gasteiger partial charge is 0.335 e. The quantitative estimate of drug-likeness (QED) is 0.896. The molecule has 0 atom stereocenters. The van der Waals surface area contributed by atoms with Crippen LogP contribution in [-0.4, -0.2) is 17.0 Å². The first-order valence-corrected chi connectivity index (χ1v) is 6.24. The van der Waals surface area contributed by atoms with Gasteiger partial charge in [0.25, 0.3) is 0 Å². The number of carboxylic acids is 1. The largest absolute Gasteiger partial charge is 0.478 e. The zero-order valence-corrected chi connectivity index (χ0v) is 11.1. The summed E-state index contributed by atoms with van der Waals surface area (Å²) in [6.45, 7) is 1.46. The number of benzene rings is 2. The van der Waals surface area contributed by atoms with Crippen LogP contribution in [0.25, 0.3) is 0 Å². The van der Waals surface area contributed by atoms with E-state index in [1.165, 1.54) is 6.92 Å². The minimum Gasteiger partial charge on any atom is -0.478 e. The van der Waals surface area contributed by atoms with Gasteiger partial charge in [-0.15, -0.1) is 0 Å². The van der Waals surface area contributed by atoms with Crippen molar-refractivity contribution in [3.63, 3.8) is 0 Å². The second kappa shape index (κ2) is 6.02. The third-order valence-electron chi connectivity index (χ3n) is 2.92. The van der Waals surface area contributed by atoms with Gasteiger partial charge in [-0.05, 0) is 35.7 Å². The molecule has 0 bridgehead atoms. The van der Waals surface area contributed by atoms with Gasteiger partial charge in [0.15, 0.2) is 0 Å². The van der Waals surface area contributed by atoms with Gasteiger partial charge in [-0.1, -0.05) is 30.3 Å². The van der Waals surface area contributed by atoms with E-state index in [0.29, 0.717) is 12.0 Å². The molecule has 4 heteroatoms. The van der Waals surface area contributed by atoms with Gasteiger partial charge in [-0.3, -0.25) is 4.79 Å². The monoisotopic (exact) mass is 269 g/mol. The average Bonchev–Trinajstić information content (AvgIpc) is 2.41. The summed E-state index contributed by atoms with van der Waals surface area (Å²) in [5, 5.41) is 11.8. The Balaban J connectivity index is 2.18. The van der Waals surface area contributed by atoms with Crippen LogP contribution in [0.15, 0.2) is 48.5 Å². The highest BCUT2D eigenvalue weighted by Gasteiger charge is 2.09. The number of anilines is 1. The Hall–Kier alpha value is -2.62. The minimum absolute atomic E-state index is 0.117. The minimum atomic E-state index is -0.921. The highest BCUT2D eigenvalue weighted by Crippen LogP contribution is 2.16. The molecule has 0 saturated carbocycles. The van der Waals surface area contributed by atoms with Crippen molar-refractivity contribution in [1.29, 1.82) is 0 Å². The number of aromatic carboxylic acids is 1. The molecule has 0 heterocycles. The Morgan fingerprint density at radius 3 is 2.30 bits per heavy atom. The molecule has 2 rings (SSSR count). The van der Waals surface area contributed by atoms with E-state index < -0.39 is 5.97 Å². The second-order valence-corrected chi connectivity index (χ2v) is 4.52. The topological polar surface area (TPSA) is 66.4 Å². The van der Waals surface area contributed by atoms with E-state index in [-0.39, 0.29) is 5.91 Å². The highest BCUT2D eigenvalue weighted by atomic mass is 16.4. The molecule has 2 N–H and O–H groups in total. The molecule has 0 spiro atoms. The van der Waals surface area contributed by atoms with Gasteiger partial charge in [0.1, 0.15) is 0 Å².